The van der Waals surface area contributed by atoms with Gasteiger partial charge in [-0.15, -0.1) is 0 Å². The van der Waals surface area contributed by atoms with Gasteiger partial charge in [-0.05, 0) is 33.6 Å². The van der Waals surface area contributed by atoms with Crippen LogP contribution in [0.2, 0.25) is 0 Å². The molecule has 106 valence electrons. The molecule has 0 amide bonds. The number of nitrogens with zero attached hydrogens (tertiary/aromatic N) is 3. The zero-order chi connectivity index (χ0) is 14.7. The molecule has 2 aromatic rings. The van der Waals surface area contributed by atoms with Gasteiger partial charge in [0.1, 0.15) is 10.2 Å². The van der Waals surface area contributed by atoms with Crippen molar-refractivity contribution in [3.63, 3.8) is 0 Å². The van der Waals surface area contributed by atoms with Gasteiger partial charge in [-0.1, -0.05) is 12.1 Å². The number of aromatic nitrogens is 2. The summed E-state index contributed by atoms with van der Waals surface area (Å²) in [6.07, 6.45) is 1.67. The molecule has 0 fully saturated rings. The fourth-order valence-electron chi connectivity index (χ4n) is 1.90. The Morgan fingerprint density at radius 3 is 2.90 bits per heavy atom. The lowest BCUT2D eigenvalue weighted by Crippen LogP contribution is -2.25. The average Bonchev–Trinajstić information content (AvgIpc) is 2.45. The van der Waals surface area contributed by atoms with Crippen LogP contribution in [-0.4, -0.2) is 23.9 Å². The van der Waals surface area contributed by atoms with Gasteiger partial charge in [-0.3, -0.25) is 4.79 Å². The van der Waals surface area contributed by atoms with Crippen molar-refractivity contribution in [2.75, 3.05) is 19.1 Å². The van der Waals surface area contributed by atoms with E-state index in [4.69, 9.17) is 4.74 Å². The van der Waals surface area contributed by atoms with E-state index in [1.54, 1.807) is 20.4 Å². The van der Waals surface area contributed by atoms with Gasteiger partial charge < -0.3 is 9.64 Å². The summed E-state index contributed by atoms with van der Waals surface area (Å²) in [4.78, 5) is 13.8. The van der Waals surface area contributed by atoms with Gasteiger partial charge in [-0.2, -0.15) is 5.10 Å². The fourth-order valence-corrected chi connectivity index (χ4v) is 2.56. The quantitative estimate of drug-likeness (QED) is 0.857. The van der Waals surface area contributed by atoms with Crippen molar-refractivity contribution in [2.45, 2.75) is 6.54 Å². The minimum Gasteiger partial charge on any atom is -0.497 e. The molecular weight excluding hydrogens is 322 g/mol. The first-order valence-corrected chi connectivity index (χ1v) is 6.88. The van der Waals surface area contributed by atoms with E-state index < -0.39 is 0 Å². The van der Waals surface area contributed by atoms with Crippen LogP contribution in [0.4, 0.5) is 5.69 Å². The topological polar surface area (TPSA) is 47.4 Å². The molecule has 1 heterocycles. The Morgan fingerprint density at radius 1 is 1.45 bits per heavy atom. The van der Waals surface area contributed by atoms with Crippen LogP contribution in [0.1, 0.15) is 5.56 Å². The molecule has 0 bridgehead atoms. The molecule has 0 unspecified atom stereocenters. The van der Waals surface area contributed by atoms with Crippen molar-refractivity contribution in [1.82, 2.24) is 9.78 Å². The maximum absolute atomic E-state index is 11.9. The molecule has 0 saturated heterocycles. The molecule has 0 aliphatic rings. The monoisotopic (exact) mass is 337 g/mol. The molecule has 6 heteroatoms. The van der Waals surface area contributed by atoms with Crippen LogP contribution in [0.5, 0.6) is 5.75 Å². The Bertz CT molecular complexity index is 670. The predicted molar refractivity (Wildman–Crippen MR) is 82.3 cm³/mol. The van der Waals surface area contributed by atoms with Gasteiger partial charge in [0.05, 0.1) is 19.0 Å². The van der Waals surface area contributed by atoms with E-state index in [9.17, 15) is 4.79 Å². The summed E-state index contributed by atoms with van der Waals surface area (Å²) in [7, 11) is 5.18. The smallest absolute Gasteiger partial charge is 0.282 e. The molecule has 2 rings (SSSR count). The number of ether oxygens (including phenoxy) is 1. The molecule has 0 aliphatic carbocycles. The third-order valence-electron chi connectivity index (χ3n) is 3.02. The maximum Gasteiger partial charge on any atom is 0.282 e. The lowest BCUT2D eigenvalue weighted by molar-refractivity contribution is 0.414. The van der Waals surface area contributed by atoms with Gasteiger partial charge in [0, 0.05) is 20.6 Å². The van der Waals surface area contributed by atoms with Gasteiger partial charge >= 0.3 is 0 Å². The summed E-state index contributed by atoms with van der Waals surface area (Å²) in [5, 5.41) is 4.04. The third kappa shape index (κ3) is 3.01. The Hall–Kier alpha value is -1.82. The van der Waals surface area contributed by atoms with E-state index in [2.05, 4.69) is 21.0 Å². The first kappa shape index (κ1) is 14.6. The number of benzene rings is 1. The number of methoxy groups -OCH3 is 1. The van der Waals surface area contributed by atoms with E-state index in [-0.39, 0.29) is 5.56 Å². The van der Waals surface area contributed by atoms with Gasteiger partial charge in [0.2, 0.25) is 0 Å². The first-order valence-electron chi connectivity index (χ1n) is 6.09. The predicted octanol–water partition coefficient (Wildman–Crippen LogP) is 2.19. The minimum atomic E-state index is -0.153. The van der Waals surface area contributed by atoms with Crippen molar-refractivity contribution in [3.8, 4) is 5.75 Å². The lowest BCUT2D eigenvalue weighted by atomic mass is 10.2. The highest BCUT2D eigenvalue weighted by Gasteiger charge is 2.11. The Balaban J connectivity index is 2.26. The molecule has 0 spiro atoms. The molecule has 5 nitrogen and oxygen atoms in total. The zero-order valence-electron chi connectivity index (χ0n) is 11.6. The number of hydrogen-bond donors (Lipinski definition) is 0. The van der Waals surface area contributed by atoms with Crippen LogP contribution >= 0.6 is 15.9 Å². The van der Waals surface area contributed by atoms with E-state index in [0.29, 0.717) is 11.0 Å². The highest BCUT2D eigenvalue weighted by molar-refractivity contribution is 9.10. The summed E-state index contributed by atoms with van der Waals surface area (Å²) in [6, 6.07) is 7.83. The molecule has 1 aromatic carbocycles. The Morgan fingerprint density at radius 2 is 2.20 bits per heavy atom. The molecular formula is C14H16BrN3O2. The number of aryl methyl sites for hydroxylation is 1. The second-order valence-corrected chi connectivity index (χ2v) is 5.27. The molecule has 20 heavy (non-hydrogen) atoms. The molecule has 0 saturated carbocycles. The molecule has 0 radical (unpaired) electrons. The van der Waals surface area contributed by atoms with Crippen LogP contribution in [0.25, 0.3) is 0 Å². The number of rotatable bonds is 4. The molecule has 0 aliphatic heterocycles. The first-order chi connectivity index (χ1) is 9.52. The van der Waals surface area contributed by atoms with Gasteiger partial charge in [-0.25, -0.2) is 4.68 Å². The fraction of sp³-hybridized carbons (Fsp3) is 0.286. The second kappa shape index (κ2) is 6.09. The van der Waals surface area contributed by atoms with Crippen LogP contribution in [-0.2, 0) is 13.6 Å². The lowest BCUT2D eigenvalue weighted by Gasteiger charge is -2.20. The summed E-state index contributed by atoms with van der Waals surface area (Å²) < 4.78 is 7.02. The van der Waals surface area contributed by atoms with Crippen LogP contribution in [0, 0.1) is 0 Å². The highest BCUT2D eigenvalue weighted by Crippen LogP contribution is 2.22. The minimum absolute atomic E-state index is 0.153. The summed E-state index contributed by atoms with van der Waals surface area (Å²) in [6.45, 7) is 0.657. The van der Waals surface area contributed by atoms with E-state index >= 15 is 0 Å². The van der Waals surface area contributed by atoms with Crippen molar-refractivity contribution < 1.29 is 4.74 Å². The highest BCUT2D eigenvalue weighted by atomic mass is 79.9. The van der Waals surface area contributed by atoms with Crippen molar-refractivity contribution >= 4 is 21.6 Å². The SMILES string of the molecule is COc1cccc(CN(C)c2cnn(C)c(=O)c2Br)c1. The van der Waals surface area contributed by atoms with Crippen molar-refractivity contribution in [3.05, 3.63) is 50.9 Å². The maximum atomic E-state index is 11.9. The van der Waals surface area contributed by atoms with Gasteiger partial charge in [0.25, 0.3) is 5.56 Å². The number of halogens is 1. The molecule has 1 aromatic heterocycles. The summed E-state index contributed by atoms with van der Waals surface area (Å²) in [5.74, 6) is 0.817. The Labute approximate surface area is 125 Å². The zero-order valence-corrected chi connectivity index (χ0v) is 13.2. The van der Waals surface area contributed by atoms with Gasteiger partial charge in [0.15, 0.2) is 0 Å². The van der Waals surface area contributed by atoms with E-state index in [1.165, 1.54) is 4.68 Å². The third-order valence-corrected chi connectivity index (χ3v) is 3.77. The number of anilines is 1. The second-order valence-electron chi connectivity index (χ2n) is 4.48. The normalized spacial score (nSPS) is 10.4. The largest absolute Gasteiger partial charge is 0.497 e. The molecule has 0 atom stereocenters. The van der Waals surface area contributed by atoms with E-state index in [0.717, 1.165) is 17.0 Å². The summed E-state index contributed by atoms with van der Waals surface area (Å²) >= 11 is 3.33. The molecule has 0 N–H and O–H groups in total. The van der Waals surface area contributed by atoms with Crippen LogP contribution in [0.15, 0.2) is 39.7 Å². The Kier molecular flexibility index (Phi) is 4.44. The summed E-state index contributed by atoms with van der Waals surface area (Å²) in [5.41, 5.74) is 1.70. The van der Waals surface area contributed by atoms with Crippen molar-refractivity contribution in [1.29, 1.82) is 0 Å². The number of hydrogen-bond acceptors (Lipinski definition) is 4. The van der Waals surface area contributed by atoms with Crippen molar-refractivity contribution in [2.24, 2.45) is 7.05 Å². The average molecular weight is 338 g/mol. The van der Waals surface area contributed by atoms with Crippen LogP contribution in [0.3, 0.4) is 0 Å². The van der Waals surface area contributed by atoms with E-state index in [1.807, 2.05) is 36.2 Å². The van der Waals surface area contributed by atoms with Crippen LogP contribution < -0.4 is 15.2 Å². The standard InChI is InChI=1S/C14H16BrN3O2/c1-17(9-10-5-4-6-11(7-10)20-3)12-8-16-18(2)14(19)13(12)15/h4-8H,9H2,1-3H3.